The minimum Gasteiger partial charge on any atom is -0.474 e. The first-order chi connectivity index (χ1) is 9.31. The van der Waals surface area contributed by atoms with Gasteiger partial charge in [0.1, 0.15) is 11.9 Å². The van der Waals surface area contributed by atoms with Crippen molar-refractivity contribution in [1.82, 2.24) is 9.97 Å². The third kappa shape index (κ3) is 2.84. The Labute approximate surface area is 112 Å². The Morgan fingerprint density at radius 1 is 1.05 bits per heavy atom. The minimum atomic E-state index is 0.276. The number of aromatic nitrogens is 2. The van der Waals surface area contributed by atoms with Gasteiger partial charge in [0.2, 0.25) is 5.88 Å². The van der Waals surface area contributed by atoms with Gasteiger partial charge in [-0.15, -0.1) is 0 Å². The lowest BCUT2D eigenvalue weighted by molar-refractivity contribution is 0.201. The summed E-state index contributed by atoms with van der Waals surface area (Å²) in [6, 6.07) is 11.5. The van der Waals surface area contributed by atoms with Crippen molar-refractivity contribution < 1.29 is 4.74 Å². The van der Waals surface area contributed by atoms with Gasteiger partial charge in [0, 0.05) is 11.6 Å². The van der Waals surface area contributed by atoms with Crippen molar-refractivity contribution in [1.29, 1.82) is 0 Å². The zero-order valence-electron chi connectivity index (χ0n) is 10.7. The van der Waals surface area contributed by atoms with Crippen molar-refractivity contribution in [2.24, 2.45) is 0 Å². The molecule has 0 radical (unpaired) electrons. The fourth-order valence-electron chi connectivity index (χ4n) is 2.40. The molecular formula is C15H17N3O. The monoisotopic (exact) mass is 255 g/mol. The molecule has 1 saturated carbocycles. The van der Waals surface area contributed by atoms with Crippen LogP contribution in [0.3, 0.4) is 0 Å². The average molecular weight is 255 g/mol. The Kier molecular flexibility index (Phi) is 3.31. The van der Waals surface area contributed by atoms with Crippen LogP contribution in [0.1, 0.15) is 25.7 Å². The van der Waals surface area contributed by atoms with Crippen molar-refractivity contribution >= 4 is 5.82 Å². The number of ether oxygens (including phenoxy) is 1. The molecule has 19 heavy (non-hydrogen) atoms. The van der Waals surface area contributed by atoms with E-state index < -0.39 is 0 Å². The zero-order chi connectivity index (χ0) is 13.1. The van der Waals surface area contributed by atoms with Gasteiger partial charge < -0.3 is 10.5 Å². The van der Waals surface area contributed by atoms with Crippen molar-refractivity contribution in [2.75, 3.05) is 5.73 Å². The lowest BCUT2D eigenvalue weighted by Crippen LogP contribution is -2.12. The largest absolute Gasteiger partial charge is 0.474 e. The molecule has 0 bridgehead atoms. The fraction of sp³-hybridized carbons (Fsp3) is 0.333. The van der Waals surface area contributed by atoms with E-state index in [4.69, 9.17) is 10.5 Å². The number of hydrogen-bond donors (Lipinski definition) is 1. The van der Waals surface area contributed by atoms with Gasteiger partial charge in [-0.2, -0.15) is 4.98 Å². The van der Waals surface area contributed by atoms with Crippen LogP contribution in [0.5, 0.6) is 5.88 Å². The SMILES string of the molecule is Nc1cc(OC2CCCC2)nc(-c2ccccc2)n1. The smallest absolute Gasteiger partial charge is 0.219 e. The molecule has 0 atom stereocenters. The van der Waals surface area contributed by atoms with E-state index in [0.717, 1.165) is 18.4 Å². The van der Waals surface area contributed by atoms with Crippen LogP contribution in [0.15, 0.2) is 36.4 Å². The van der Waals surface area contributed by atoms with E-state index in [2.05, 4.69) is 9.97 Å². The predicted octanol–water partition coefficient (Wildman–Crippen LogP) is 3.05. The molecule has 98 valence electrons. The molecule has 1 heterocycles. The summed E-state index contributed by atoms with van der Waals surface area (Å²) in [6.07, 6.45) is 4.95. The molecule has 0 spiro atoms. The molecule has 0 aliphatic heterocycles. The molecule has 1 aliphatic carbocycles. The summed E-state index contributed by atoms with van der Waals surface area (Å²) in [5.74, 6) is 1.65. The first-order valence-electron chi connectivity index (χ1n) is 6.68. The summed E-state index contributed by atoms with van der Waals surface area (Å²) in [7, 11) is 0. The maximum absolute atomic E-state index is 5.89. The number of nitrogen functional groups attached to an aromatic ring is 1. The molecule has 0 saturated heterocycles. The van der Waals surface area contributed by atoms with E-state index in [1.807, 2.05) is 30.3 Å². The minimum absolute atomic E-state index is 0.276. The molecule has 4 nitrogen and oxygen atoms in total. The second kappa shape index (κ2) is 5.26. The average Bonchev–Trinajstić information content (AvgIpc) is 2.92. The molecule has 0 amide bonds. The van der Waals surface area contributed by atoms with Crippen LogP contribution in [-0.2, 0) is 0 Å². The van der Waals surface area contributed by atoms with E-state index >= 15 is 0 Å². The highest BCUT2D eigenvalue weighted by atomic mass is 16.5. The van der Waals surface area contributed by atoms with E-state index in [9.17, 15) is 0 Å². The number of benzene rings is 1. The lowest BCUT2D eigenvalue weighted by atomic mass is 10.2. The fourth-order valence-corrected chi connectivity index (χ4v) is 2.40. The summed E-state index contributed by atoms with van der Waals surface area (Å²) in [6.45, 7) is 0. The molecule has 3 rings (SSSR count). The highest BCUT2D eigenvalue weighted by Crippen LogP contribution is 2.25. The molecule has 1 fully saturated rings. The second-order valence-electron chi connectivity index (χ2n) is 4.84. The summed E-state index contributed by atoms with van der Waals surface area (Å²) >= 11 is 0. The third-order valence-electron chi connectivity index (χ3n) is 3.34. The number of rotatable bonds is 3. The van der Waals surface area contributed by atoms with Crippen LogP contribution >= 0.6 is 0 Å². The van der Waals surface area contributed by atoms with Crippen LogP contribution < -0.4 is 10.5 Å². The molecule has 1 aromatic carbocycles. The van der Waals surface area contributed by atoms with Gasteiger partial charge in [0.15, 0.2) is 5.82 Å². The molecular weight excluding hydrogens is 238 g/mol. The van der Waals surface area contributed by atoms with Gasteiger partial charge >= 0.3 is 0 Å². The zero-order valence-corrected chi connectivity index (χ0v) is 10.7. The molecule has 1 aliphatic rings. The van der Waals surface area contributed by atoms with E-state index in [1.165, 1.54) is 12.8 Å². The standard InChI is InChI=1S/C15H17N3O/c16-13-10-14(19-12-8-4-5-9-12)18-15(17-13)11-6-2-1-3-7-11/h1-3,6-7,10,12H,4-5,8-9H2,(H2,16,17,18). The summed E-state index contributed by atoms with van der Waals surface area (Å²) in [5, 5.41) is 0. The number of nitrogens with two attached hydrogens (primary N) is 1. The lowest BCUT2D eigenvalue weighted by Gasteiger charge is -2.13. The first-order valence-corrected chi connectivity index (χ1v) is 6.68. The number of nitrogens with zero attached hydrogens (tertiary/aromatic N) is 2. The molecule has 4 heteroatoms. The van der Waals surface area contributed by atoms with Crippen molar-refractivity contribution in [3.63, 3.8) is 0 Å². The Balaban J connectivity index is 1.87. The Morgan fingerprint density at radius 3 is 2.53 bits per heavy atom. The highest BCUT2D eigenvalue weighted by molar-refractivity contribution is 5.57. The molecule has 2 N–H and O–H groups in total. The van der Waals surface area contributed by atoms with Gasteiger partial charge in [0.25, 0.3) is 0 Å². The Hall–Kier alpha value is -2.10. The van der Waals surface area contributed by atoms with Crippen LogP contribution in [-0.4, -0.2) is 16.1 Å². The first kappa shape index (κ1) is 12.0. The van der Waals surface area contributed by atoms with Crippen LogP contribution in [0.25, 0.3) is 11.4 Å². The summed E-state index contributed by atoms with van der Waals surface area (Å²) in [4.78, 5) is 8.72. The maximum atomic E-state index is 5.89. The number of anilines is 1. The Bertz CT molecular complexity index is 551. The van der Waals surface area contributed by atoms with Crippen LogP contribution in [0.2, 0.25) is 0 Å². The van der Waals surface area contributed by atoms with Gasteiger partial charge in [-0.1, -0.05) is 30.3 Å². The topological polar surface area (TPSA) is 61.0 Å². The Morgan fingerprint density at radius 2 is 1.79 bits per heavy atom. The van der Waals surface area contributed by atoms with Crippen molar-refractivity contribution in [3.05, 3.63) is 36.4 Å². The van der Waals surface area contributed by atoms with Gasteiger partial charge in [-0.3, -0.25) is 0 Å². The van der Waals surface area contributed by atoms with Crippen molar-refractivity contribution in [2.45, 2.75) is 31.8 Å². The summed E-state index contributed by atoms with van der Waals surface area (Å²) in [5.41, 5.74) is 6.79. The molecule has 0 unspecified atom stereocenters. The van der Waals surface area contributed by atoms with Crippen LogP contribution in [0.4, 0.5) is 5.82 Å². The normalized spacial score (nSPS) is 15.6. The molecule has 2 aromatic rings. The summed E-state index contributed by atoms with van der Waals surface area (Å²) < 4.78 is 5.89. The van der Waals surface area contributed by atoms with Gasteiger partial charge in [-0.25, -0.2) is 4.98 Å². The molecule has 1 aromatic heterocycles. The van der Waals surface area contributed by atoms with Gasteiger partial charge in [-0.05, 0) is 25.7 Å². The number of hydrogen-bond acceptors (Lipinski definition) is 4. The van der Waals surface area contributed by atoms with E-state index in [0.29, 0.717) is 17.5 Å². The van der Waals surface area contributed by atoms with E-state index in [-0.39, 0.29) is 6.10 Å². The van der Waals surface area contributed by atoms with Crippen molar-refractivity contribution in [3.8, 4) is 17.3 Å². The predicted molar refractivity (Wildman–Crippen MR) is 74.8 cm³/mol. The third-order valence-corrected chi connectivity index (χ3v) is 3.34. The second-order valence-corrected chi connectivity index (χ2v) is 4.84. The maximum Gasteiger partial charge on any atom is 0.219 e. The van der Waals surface area contributed by atoms with Crippen LogP contribution in [0, 0.1) is 0 Å². The van der Waals surface area contributed by atoms with Gasteiger partial charge in [0.05, 0.1) is 0 Å². The van der Waals surface area contributed by atoms with E-state index in [1.54, 1.807) is 6.07 Å². The quantitative estimate of drug-likeness (QED) is 0.915. The highest BCUT2D eigenvalue weighted by Gasteiger charge is 2.17.